The van der Waals surface area contributed by atoms with Crippen molar-refractivity contribution in [2.24, 2.45) is 0 Å². The molecule has 0 heterocycles. The van der Waals surface area contributed by atoms with Crippen molar-refractivity contribution in [3.63, 3.8) is 0 Å². The lowest BCUT2D eigenvalue weighted by atomic mass is 10.1. The SMILES string of the molecule is Cc1ccc(Br)c(CNO)c1F. The van der Waals surface area contributed by atoms with E-state index in [0.29, 0.717) is 15.6 Å². The van der Waals surface area contributed by atoms with Gasteiger partial charge in [-0.25, -0.2) is 9.87 Å². The monoisotopic (exact) mass is 233 g/mol. The van der Waals surface area contributed by atoms with Gasteiger partial charge in [-0.05, 0) is 18.6 Å². The molecule has 4 heteroatoms. The second-order valence-corrected chi connectivity index (χ2v) is 3.35. The van der Waals surface area contributed by atoms with E-state index in [2.05, 4.69) is 15.9 Å². The molecule has 0 fully saturated rings. The van der Waals surface area contributed by atoms with Crippen molar-refractivity contribution in [3.8, 4) is 0 Å². The molecule has 1 aromatic carbocycles. The number of halogens is 2. The zero-order valence-corrected chi connectivity index (χ0v) is 8.15. The zero-order chi connectivity index (χ0) is 9.14. The summed E-state index contributed by atoms with van der Waals surface area (Å²) in [5, 5.41) is 8.42. The first-order chi connectivity index (χ1) is 5.66. The quantitative estimate of drug-likeness (QED) is 0.770. The Morgan fingerprint density at radius 3 is 2.83 bits per heavy atom. The third-order valence-corrected chi connectivity index (χ3v) is 2.38. The summed E-state index contributed by atoms with van der Waals surface area (Å²) >= 11 is 3.19. The number of nitrogens with one attached hydrogen (secondary N) is 1. The summed E-state index contributed by atoms with van der Waals surface area (Å²) in [6.07, 6.45) is 0. The largest absolute Gasteiger partial charge is 0.316 e. The second kappa shape index (κ2) is 3.98. The third kappa shape index (κ3) is 1.83. The Balaban J connectivity index is 3.14. The van der Waals surface area contributed by atoms with Crippen LogP contribution in [0.4, 0.5) is 4.39 Å². The van der Waals surface area contributed by atoms with E-state index in [1.54, 1.807) is 19.1 Å². The number of benzene rings is 1. The molecule has 0 bridgehead atoms. The molecule has 0 radical (unpaired) electrons. The van der Waals surface area contributed by atoms with Gasteiger partial charge in [-0.15, -0.1) is 0 Å². The molecule has 0 aliphatic rings. The smallest absolute Gasteiger partial charge is 0.131 e. The number of hydroxylamine groups is 1. The minimum absolute atomic E-state index is 0.105. The molecule has 0 aliphatic heterocycles. The van der Waals surface area contributed by atoms with E-state index in [4.69, 9.17) is 5.21 Å². The third-order valence-electron chi connectivity index (χ3n) is 1.63. The van der Waals surface area contributed by atoms with Crippen LogP contribution in [0.1, 0.15) is 11.1 Å². The van der Waals surface area contributed by atoms with Gasteiger partial charge in [0.05, 0.1) is 0 Å². The minimum Gasteiger partial charge on any atom is -0.316 e. The van der Waals surface area contributed by atoms with Gasteiger partial charge in [0.2, 0.25) is 0 Å². The van der Waals surface area contributed by atoms with Crippen molar-refractivity contribution in [1.82, 2.24) is 5.48 Å². The standard InChI is InChI=1S/C8H9BrFNO/c1-5-2-3-7(9)6(4-11-12)8(5)10/h2-3,11-12H,4H2,1H3. The van der Waals surface area contributed by atoms with Gasteiger partial charge in [-0.3, -0.25) is 0 Å². The molecule has 0 spiro atoms. The van der Waals surface area contributed by atoms with Crippen LogP contribution in [0.5, 0.6) is 0 Å². The Morgan fingerprint density at radius 1 is 1.58 bits per heavy atom. The summed E-state index contributed by atoms with van der Waals surface area (Å²) in [5.41, 5.74) is 2.94. The lowest BCUT2D eigenvalue weighted by molar-refractivity contribution is 0.159. The van der Waals surface area contributed by atoms with Crippen LogP contribution < -0.4 is 5.48 Å². The summed E-state index contributed by atoms with van der Waals surface area (Å²) in [7, 11) is 0. The normalized spacial score (nSPS) is 10.3. The maximum Gasteiger partial charge on any atom is 0.131 e. The fourth-order valence-corrected chi connectivity index (χ4v) is 1.40. The molecule has 0 aliphatic carbocycles. The van der Waals surface area contributed by atoms with Gasteiger partial charge in [0.15, 0.2) is 0 Å². The first kappa shape index (κ1) is 9.64. The van der Waals surface area contributed by atoms with Crippen molar-refractivity contribution in [1.29, 1.82) is 0 Å². The average molecular weight is 234 g/mol. The Morgan fingerprint density at radius 2 is 2.25 bits per heavy atom. The molecule has 0 atom stereocenters. The first-order valence-corrected chi connectivity index (χ1v) is 4.26. The van der Waals surface area contributed by atoms with Gasteiger partial charge in [-0.2, -0.15) is 0 Å². The fraction of sp³-hybridized carbons (Fsp3) is 0.250. The maximum atomic E-state index is 13.3. The van der Waals surface area contributed by atoms with E-state index in [1.807, 2.05) is 5.48 Å². The molecule has 0 aromatic heterocycles. The maximum absolute atomic E-state index is 13.3. The van der Waals surface area contributed by atoms with Crippen LogP contribution >= 0.6 is 15.9 Å². The molecule has 66 valence electrons. The van der Waals surface area contributed by atoms with E-state index in [9.17, 15) is 4.39 Å². The summed E-state index contributed by atoms with van der Waals surface area (Å²) in [6, 6.07) is 3.44. The zero-order valence-electron chi connectivity index (χ0n) is 6.56. The van der Waals surface area contributed by atoms with E-state index in [0.717, 1.165) is 0 Å². The molecule has 2 nitrogen and oxygen atoms in total. The summed E-state index contributed by atoms with van der Waals surface area (Å²) in [6.45, 7) is 1.79. The van der Waals surface area contributed by atoms with Crippen LogP contribution in [0, 0.1) is 12.7 Å². The molecule has 1 rings (SSSR count). The van der Waals surface area contributed by atoms with Crippen molar-refractivity contribution < 1.29 is 9.60 Å². The van der Waals surface area contributed by atoms with Crippen molar-refractivity contribution in [3.05, 3.63) is 33.5 Å². The van der Waals surface area contributed by atoms with Crippen LogP contribution in [-0.4, -0.2) is 5.21 Å². The Hall–Kier alpha value is -0.450. The van der Waals surface area contributed by atoms with Crippen LogP contribution in [-0.2, 0) is 6.54 Å². The molecule has 0 amide bonds. The molecule has 1 aromatic rings. The lowest BCUT2D eigenvalue weighted by Gasteiger charge is -2.06. The molecule has 2 N–H and O–H groups in total. The summed E-state index contributed by atoms with van der Waals surface area (Å²) < 4.78 is 13.9. The summed E-state index contributed by atoms with van der Waals surface area (Å²) in [5.74, 6) is -0.286. The van der Waals surface area contributed by atoms with Gasteiger partial charge in [0.1, 0.15) is 5.82 Å². The first-order valence-electron chi connectivity index (χ1n) is 3.47. The predicted molar refractivity (Wildman–Crippen MR) is 47.5 cm³/mol. The lowest BCUT2D eigenvalue weighted by Crippen LogP contribution is -2.09. The van der Waals surface area contributed by atoms with Gasteiger partial charge in [-0.1, -0.05) is 22.0 Å². The second-order valence-electron chi connectivity index (χ2n) is 2.49. The minimum atomic E-state index is -0.286. The van der Waals surface area contributed by atoms with Crippen LogP contribution in [0.25, 0.3) is 0 Å². The van der Waals surface area contributed by atoms with Crippen molar-refractivity contribution in [2.75, 3.05) is 0 Å². The Bertz CT molecular complexity index is 291. The molecule has 0 unspecified atom stereocenters. The molecule has 0 saturated carbocycles. The van der Waals surface area contributed by atoms with E-state index in [-0.39, 0.29) is 12.4 Å². The number of aryl methyl sites for hydroxylation is 1. The molecular formula is C8H9BrFNO. The number of rotatable bonds is 2. The highest BCUT2D eigenvalue weighted by atomic mass is 79.9. The van der Waals surface area contributed by atoms with Gasteiger partial charge in [0, 0.05) is 16.6 Å². The van der Waals surface area contributed by atoms with E-state index >= 15 is 0 Å². The molecule has 12 heavy (non-hydrogen) atoms. The highest BCUT2D eigenvalue weighted by Crippen LogP contribution is 2.21. The molecular weight excluding hydrogens is 225 g/mol. The van der Waals surface area contributed by atoms with E-state index < -0.39 is 0 Å². The fourth-order valence-electron chi connectivity index (χ4n) is 0.956. The Kier molecular flexibility index (Phi) is 3.20. The predicted octanol–water partition coefficient (Wildman–Crippen LogP) is 2.38. The topological polar surface area (TPSA) is 32.3 Å². The Labute approximate surface area is 78.5 Å². The van der Waals surface area contributed by atoms with Gasteiger partial charge in [0.25, 0.3) is 0 Å². The van der Waals surface area contributed by atoms with E-state index in [1.165, 1.54) is 0 Å². The van der Waals surface area contributed by atoms with Crippen LogP contribution in [0.2, 0.25) is 0 Å². The van der Waals surface area contributed by atoms with Crippen LogP contribution in [0.15, 0.2) is 16.6 Å². The molecule has 0 saturated heterocycles. The number of hydrogen-bond donors (Lipinski definition) is 2. The number of hydrogen-bond acceptors (Lipinski definition) is 2. The highest BCUT2D eigenvalue weighted by Gasteiger charge is 2.08. The van der Waals surface area contributed by atoms with Gasteiger partial charge >= 0.3 is 0 Å². The van der Waals surface area contributed by atoms with Crippen molar-refractivity contribution in [2.45, 2.75) is 13.5 Å². The highest BCUT2D eigenvalue weighted by molar-refractivity contribution is 9.10. The average Bonchev–Trinajstić information content (AvgIpc) is 2.06. The van der Waals surface area contributed by atoms with Gasteiger partial charge < -0.3 is 5.21 Å². The van der Waals surface area contributed by atoms with Crippen LogP contribution in [0.3, 0.4) is 0 Å². The summed E-state index contributed by atoms with van der Waals surface area (Å²) in [4.78, 5) is 0. The van der Waals surface area contributed by atoms with Crippen molar-refractivity contribution >= 4 is 15.9 Å².